The van der Waals surface area contributed by atoms with Gasteiger partial charge in [-0.2, -0.15) is 0 Å². The van der Waals surface area contributed by atoms with Gasteiger partial charge in [0.05, 0.1) is 19.8 Å². The van der Waals surface area contributed by atoms with Gasteiger partial charge in [-0.15, -0.1) is 0 Å². The first-order valence-electron chi connectivity index (χ1n) is 8.93. The number of ether oxygens (including phenoxy) is 2. The van der Waals surface area contributed by atoms with Gasteiger partial charge in [0.2, 0.25) is 0 Å². The first-order chi connectivity index (χ1) is 12.3. The minimum Gasteiger partial charge on any atom is -0.381 e. The number of aromatic nitrogens is 2. The SMILES string of the molecule is O=C(NC[C@@H]([C@@H]1CCOC1)N1CCOCC1)c1ccc2cc[nH]c2n1. The van der Waals surface area contributed by atoms with E-state index in [9.17, 15) is 4.79 Å². The summed E-state index contributed by atoms with van der Waals surface area (Å²) in [5.41, 5.74) is 1.18. The summed E-state index contributed by atoms with van der Waals surface area (Å²) in [7, 11) is 0. The second-order valence-corrected chi connectivity index (χ2v) is 6.66. The van der Waals surface area contributed by atoms with Gasteiger partial charge in [0.15, 0.2) is 0 Å². The van der Waals surface area contributed by atoms with Gasteiger partial charge < -0.3 is 19.8 Å². The van der Waals surface area contributed by atoms with Crippen LogP contribution in [0.1, 0.15) is 16.9 Å². The molecular weight excluding hydrogens is 320 g/mol. The topological polar surface area (TPSA) is 79.5 Å². The quantitative estimate of drug-likeness (QED) is 0.847. The average Bonchev–Trinajstić information content (AvgIpc) is 3.34. The Bertz CT molecular complexity index is 720. The number of nitrogens with one attached hydrogen (secondary N) is 2. The molecule has 2 saturated heterocycles. The molecule has 2 aliphatic heterocycles. The van der Waals surface area contributed by atoms with Gasteiger partial charge in [0.1, 0.15) is 11.3 Å². The van der Waals surface area contributed by atoms with Crippen molar-refractivity contribution in [2.75, 3.05) is 46.1 Å². The zero-order valence-electron chi connectivity index (χ0n) is 14.2. The number of carbonyl (C=O) groups excluding carboxylic acids is 1. The summed E-state index contributed by atoms with van der Waals surface area (Å²) in [6.45, 7) is 5.51. The fourth-order valence-electron chi connectivity index (χ4n) is 3.70. The number of H-pyrrole nitrogens is 1. The maximum Gasteiger partial charge on any atom is 0.270 e. The normalized spacial score (nSPS) is 23.0. The van der Waals surface area contributed by atoms with Crippen molar-refractivity contribution in [1.82, 2.24) is 20.2 Å². The third-order valence-electron chi connectivity index (χ3n) is 5.14. The molecule has 7 heteroatoms. The minimum atomic E-state index is -0.131. The van der Waals surface area contributed by atoms with Gasteiger partial charge in [-0.3, -0.25) is 9.69 Å². The largest absolute Gasteiger partial charge is 0.381 e. The predicted molar refractivity (Wildman–Crippen MR) is 93.5 cm³/mol. The highest BCUT2D eigenvalue weighted by atomic mass is 16.5. The molecule has 4 rings (SSSR count). The molecule has 0 radical (unpaired) electrons. The van der Waals surface area contributed by atoms with Crippen LogP contribution >= 0.6 is 0 Å². The standard InChI is InChI=1S/C18H24N4O3/c23-18(15-2-1-13-3-5-19-17(13)21-15)20-11-16(14-4-8-25-12-14)22-6-9-24-10-7-22/h1-3,5,14,16H,4,6-12H2,(H,19,21)(H,20,23)/t14-,16+/m1/s1. The first kappa shape index (κ1) is 16.5. The molecule has 0 unspecified atom stereocenters. The van der Waals surface area contributed by atoms with E-state index in [1.807, 2.05) is 18.3 Å². The Morgan fingerprint density at radius 3 is 2.96 bits per heavy atom. The Morgan fingerprint density at radius 2 is 2.16 bits per heavy atom. The van der Waals surface area contributed by atoms with E-state index in [1.54, 1.807) is 6.07 Å². The van der Waals surface area contributed by atoms with Gasteiger partial charge in [0, 0.05) is 49.8 Å². The lowest BCUT2D eigenvalue weighted by Crippen LogP contribution is -2.52. The molecule has 0 aliphatic carbocycles. The number of hydrogen-bond acceptors (Lipinski definition) is 5. The van der Waals surface area contributed by atoms with E-state index in [1.165, 1.54) is 0 Å². The molecule has 2 atom stereocenters. The fourth-order valence-corrected chi connectivity index (χ4v) is 3.70. The van der Waals surface area contributed by atoms with Crippen LogP contribution in [0.5, 0.6) is 0 Å². The monoisotopic (exact) mass is 344 g/mol. The van der Waals surface area contributed by atoms with Crippen molar-refractivity contribution in [1.29, 1.82) is 0 Å². The third-order valence-corrected chi connectivity index (χ3v) is 5.14. The summed E-state index contributed by atoms with van der Waals surface area (Å²) in [5, 5.41) is 4.08. The molecule has 2 fully saturated rings. The lowest BCUT2D eigenvalue weighted by molar-refractivity contribution is 0.00165. The zero-order valence-corrected chi connectivity index (χ0v) is 14.2. The molecule has 0 saturated carbocycles. The zero-order chi connectivity index (χ0) is 17.1. The van der Waals surface area contributed by atoms with Crippen LogP contribution in [-0.2, 0) is 9.47 Å². The lowest BCUT2D eigenvalue weighted by atomic mass is 9.97. The van der Waals surface area contributed by atoms with Crippen LogP contribution in [0.3, 0.4) is 0 Å². The second kappa shape index (κ2) is 7.51. The summed E-state index contributed by atoms with van der Waals surface area (Å²) in [6.07, 6.45) is 2.87. The number of hydrogen-bond donors (Lipinski definition) is 2. The van der Waals surface area contributed by atoms with Gasteiger partial charge in [0.25, 0.3) is 5.91 Å². The van der Waals surface area contributed by atoms with Crippen LogP contribution in [0.2, 0.25) is 0 Å². The van der Waals surface area contributed by atoms with Crippen molar-refractivity contribution in [3.05, 3.63) is 30.1 Å². The van der Waals surface area contributed by atoms with Crippen molar-refractivity contribution in [2.45, 2.75) is 12.5 Å². The highest BCUT2D eigenvalue weighted by Gasteiger charge is 2.31. The summed E-state index contributed by atoms with van der Waals surface area (Å²) in [6, 6.07) is 5.91. The van der Waals surface area contributed by atoms with E-state index in [2.05, 4.69) is 20.2 Å². The molecule has 4 heterocycles. The molecule has 1 amide bonds. The van der Waals surface area contributed by atoms with E-state index in [0.717, 1.165) is 57.0 Å². The third kappa shape index (κ3) is 3.68. The van der Waals surface area contributed by atoms with Crippen LogP contribution in [0.4, 0.5) is 0 Å². The van der Waals surface area contributed by atoms with Crippen LogP contribution in [0, 0.1) is 5.92 Å². The first-order valence-corrected chi connectivity index (χ1v) is 8.93. The average molecular weight is 344 g/mol. The summed E-state index contributed by atoms with van der Waals surface area (Å²) in [4.78, 5) is 22.4. The minimum absolute atomic E-state index is 0.131. The van der Waals surface area contributed by atoms with Crippen molar-refractivity contribution in [3.8, 4) is 0 Å². The molecular formula is C18H24N4O3. The van der Waals surface area contributed by atoms with Crippen molar-refractivity contribution >= 4 is 16.9 Å². The maximum atomic E-state index is 12.6. The van der Waals surface area contributed by atoms with E-state index in [4.69, 9.17) is 9.47 Å². The number of morpholine rings is 1. The van der Waals surface area contributed by atoms with Crippen LogP contribution < -0.4 is 5.32 Å². The highest BCUT2D eigenvalue weighted by molar-refractivity contribution is 5.94. The number of nitrogens with zero attached hydrogens (tertiary/aromatic N) is 2. The molecule has 0 bridgehead atoms. The van der Waals surface area contributed by atoms with Crippen molar-refractivity contribution < 1.29 is 14.3 Å². The molecule has 2 N–H and O–H groups in total. The molecule has 2 aromatic heterocycles. The number of pyridine rings is 1. The maximum absolute atomic E-state index is 12.6. The van der Waals surface area contributed by atoms with Crippen LogP contribution in [0.15, 0.2) is 24.4 Å². The van der Waals surface area contributed by atoms with E-state index >= 15 is 0 Å². The van der Waals surface area contributed by atoms with Crippen molar-refractivity contribution in [2.24, 2.45) is 5.92 Å². The summed E-state index contributed by atoms with van der Waals surface area (Å²) in [5.74, 6) is 0.325. The van der Waals surface area contributed by atoms with E-state index < -0.39 is 0 Å². The molecule has 7 nitrogen and oxygen atoms in total. The molecule has 0 aromatic carbocycles. The summed E-state index contributed by atoms with van der Waals surface area (Å²) >= 11 is 0. The molecule has 0 spiro atoms. The summed E-state index contributed by atoms with van der Waals surface area (Å²) < 4.78 is 11.0. The fraction of sp³-hybridized carbons (Fsp3) is 0.556. The molecule has 134 valence electrons. The Kier molecular flexibility index (Phi) is 4.96. The number of amides is 1. The Hall–Kier alpha value is -1.96. The number of rotatable bonds is 5. The van der Waals surface area contributed by atoms with Gasteiger partial charge in [-0.25, -0.2) is 4.98 Å². The Balaban J connectivity index is 1.43. The van der Waals surface area contributed by atoms with Gasteiger partial charge >= 0.3 is 0 Å². The lowest BCUT2D eigenvalue weighted by Gasteiger charge is -2.37. The molecule has 2 aromatic rings. The molecule has 2 aliphatic rings. The van der Waals surface area contributed by atoms with Gasteiger partial charge in [-0.05, 0) is 24.6 Å². The second-order valence-electron chi connectivity index (χ2n) is 6.66. The number of aromatic amines is 1. The molecule has 25 heavy (non-hydrogen) atoms. The van der Waals surface area contributed by atoms with E-state index in [0.29, 0.717) is 18.2 Å². The van der Waals surface area contributed by atoms with E-state index in [-0.39, 0.29) is 11.9 Å². The highest BCUT2D eigenvalue weighted by Crippen LogP contribution is 2.22. The smallest absolute Gasteiger partial charge is 0.270 e. The van der Waals surface area contributed by atoms with Crippen LogP contribution in [0.25, 0.3) is 11.0 Å². The van der Waals surface area contributed by atoms with Crippen molar-refractivity contribution in [3.63, 3.8) is 0 Å². The number of fused-ring (bicyclic) bond motifs is 1. The number of carbonyl (C=O) groups is 1. The van der Waals surface area contributed by atoms with Gasteiger partial charge in [-0.1, -0.05) is 0 Å². The Morgan fingerprint density at radius 1 is 1.28 bits per heavy atom. The predicted octanol–water partition coefficient (Wildman–Crippen LogP) is 1.03. The van der Waals surface area contributed by atoms with Crippen LogP contribution in [-0.4, -0.2) is 72.9 Å². The Labute approximate surface area is 146 Å².